The molecule has 8 heteroatoms. The largest absolute Gasteiger partial charge is 0.327 e. The van der Waals surface area contributed by atoms with E-state index in [-0.39, 0.29) is 11.5 Å². The number of nitrogens with zero attached hydrogens (tertiary/aromatic N) is 4. The molecule has 0 radical (unpaired) electrons. The number of amides is 1. The number of benzene rings is 3. The van der Waals surface area contributed by atoms with Gasteiger partial charge in [0.1, 0.15) is 5.82 Å². The van der Waals surface area contributed by atoms with Gasteiger partial charge in [-0.25, -0.2) is 4.98 Å². The van der Waals surface area contributed by atoms with Gasteiger partial charge in [0.05, 0.1) is 23.5 Å². The SMILES string of the molecule is CCC(c1nc2cc(Cl)ccc2c(=O)n1Cc1ccccc1)N(CCN(C)C)C(=O)c1ccc(Cl)cc1. The van der Waals surface area contributed by atoms with Crippen molar-refractivity contribution < 1.29 is 4.79 Å². The zero-order valence-electron chi connectivity index (χ0n) is 21.2. The molecule has 192 valence electrons. The molecule has 1 heterocycles. The lowest BCUT2D eigenvalue weighted by Gasteiger charge is -2.33. The summed E-state index contributed by atoms with van der Waals surface area (Å²) in [5.41, 5.74) is 1.86. The molecule has 1 aromatic heterocycles. The van der Waals surface area contributed by atoms with Crippen molar-refractivity contribution in [1.82, 2.24) is 19.4 Å². The quantitative estimate of drug-likeness (QED) is 0.267. The second-order valence-electron chi connectivity index (χ2n) is 9.24. The number of fused-ring (bicyclic) bond motifs is 1. The lowest BCUT2D eigenvalue weighted by molar-refractivity contribution is 0.0642. The van der Waals surface area contributed by atoms with Gasteiger partial charge in [0.15, 0.2) is 0 Å². The molecule has 0 fully saturated rings. The third kappa shape index (κ3) is 6.21. The van der Waals surface area contributed by atoms with Crippen LogP contribution in [0.5, 0.6) is 0 Å². The molecule has 0 spiro atoms. The number of carbonyl (C=O) groups excluding carboxylic acids is 1. The van der Waals surface area contributed by atoms with Crippen molar-refractivity contribution >= 4 is 40.0 Å². The number of halogens is 2. The highest BCUT2D eigenvalue weighted by Gasteiger charge is 2.29. The third-order valence-electron chi connectivity index (χ3n) is 6.33. The van der Waals surface area contributed by atoms with Crippen molar-refractivity contribution in [3.05, 3.63) is 110 Å². The van der Waals surface area contributed by atoms with Gasteiger partial charge in [-0.2, -0.15) is 0 Å². The van der Waals surface area contributed by atoms with Crippen LogP contribution in [-0.2, 0) is 6.54 Å². The molecule has 6 nitrogen and oxygen atoms in total. The molecule has 1 amide bonds. The Morgan fingerprint density at radius 1 is 0.946 bits per heavy atom. The van der Waals surface area contributed by atoms with Gasteiger partial charge < -0.3 is 9.80 Å². The number of rotatable bonds is 9. The highest BCUT2D eigenvalue weighted by molar-refractivity contribution is 6.31. The van der Waals surface area contributed by atoms with Crippen LogP contribution in [0.4, 0.5) is 0 Å². The molecule has 0 bridgehead atoms. The normalized spacial score (nSPS) is 12.2. The summed E-state index contributed by atoms with van der Waals surface area (Å²) >= 11 is 12.3. The summed E-state index contributed by atoms with van der Waals surface area (Å²) < 4.78 is 1.69. The molecule has 1 atom stereocenters. The molecular weight excluding hydrogens is 507 g/mol. The molecule has 1 unspecified atom stereocenters. The fourth-order valence-corrected chi connectivity index (χ4v) is 4.68. The van der Waals surface area contributed by atoms with Crippen molar-refractivity contribution in [3.8, 4) is 0 Å². The molecule has 4 aromatic rings. The van der Waals surface area contributed by atoms with E-state index in [0.29, 0.717) is 58.4 Å². The van der Waals surface area contributed by atoms with E-state index < -0.39 is 6.04 Å². The molecule has 0 saturated carbocycles. The highest BCUT2D eigenvalue weighted by atomic mass is 35.5. The Morgan fingerprint density at radius 2 is 1.62 bits per heavy atom. The van der Waals surface area contributed by atoms with E-state index in [1.165, 1.54) is 0 Å². The zero-order valence-corrected chi connectivity index (χ0v) is 22.7. The van der Waals surface area contributed by atoms with Crippen LogP contribution in [-0.4, -0.2) is 52.4 Å². The first kappa shape index (κ1) is 26.9. The minimum absolute atomic E-state index is 0.142. The Bertz CT molecular complexity index is 1440. The van der Waals surface area contributed by atoms with E-state index in [9.17, 15) is 9.59 Å². The van der Waals surface area contributed by atoms with Crippen LogP contribution in [0, 0.1) is 0 Å². The molecule has 0 aliphatic heterocycles. The van der Waals surface area contributed by atoms with Gasteiger partial charge in [-0.15, -0.1) is 0 Å². The predicted octanol–water partition coefficient (Wildman–Crippen LogP) is 5.91. The van der Waals surface area contributed by atoms with Gasteiger partial charge >= 0.3 is 0 Å². The van der Waals surface area contributed by atoms with Crippen LogP contribution in [0.25, 0.3) is 10.9 Å². The van der Waals surface area contributed by atoms with Crippen molar-refractivity contribution in [3.63, 3.8) is 0 Å². The van der Waals surface area contributed by atoms with E-state index in [2.05, 4.69) is 0 Å². The first-order chi connectivity index (χ1) is 17.8. The number of aromatic nitrogens is 2. The zero-order chi connectivity index (χ0) is 26.5. The topological polar surface area (TPSA) is 58.4 Å². The summed E-state index contributed by atoms with van der Waals surface area (Å²) in [5.74, 6) is 0.393. The van der Waals surface area contributed by atoms with E-state index in [0.717, 1.165) is 5.56 Å². The number of hydrogen-bond acceptors (Lipinski definition) is 4. The molecule has 3 aromatic carbocycles. The average molecular weight is 537 g/mol. The van der Waals surface area contributed by atoms with E-state index in [1.807, 2.05) is 61.2 Å². The summed E-state index contributed by atoms with van der Waals surface area (Å²) in [4.78, 5) is 36.4. The lowest BCUT2D eigenvalue weighted by Crippen LogP contribution is -2.42. The van der Waals surface area contributed by atoms with Crippen LogP contribution in [0.3, 0.4) is 0 Å². The van der Waals surface area contributed by atoms with E-state index >= 15 is 0 Å². The van der Waals surface area contributed by atoms with Gasteiger partial charge in [-0.3, -0.25) is 14.2 Å². The Labute approximate surface area is 227 Å². The summed E-state index contributed by atoms with van der Waals surface area (Å²) in [5, 5.41) is 1.55. The minimum atomic E-state index is -0.442. The van der Waals surface area contributed by atoms with Crippen LogP contribution in [0.2, 0.25) is 10.0 Å². The fourth-order valence-electron chi connectivity index (χ4n) is 4.39. The van der Waals surface area contributed by atoms with Gasteiger partial charge in [-0.05, 0) is 68.5 Å². The van der Waals surface area contributed by atoms with Crippen molar-refractivity contribution in [2.24, 2.45) is 0 Å². The second kappa shape index (κ2) is 11.9. The molecular formula is C29H30Cl2N4O2. The molecule has 0 aliphatic rings. The Kier molecular flexibility index (Phi) is 8.64. The van der Waals surface area contributed by atoms with Gasteiger partial charge in [0.2, 0.25) is 0 Å². The van der Waals surface area contributed by atoms with Gasteiger partial charge in [0.25, 0.3) is 11.5 Å². The molecule has 0 saturated heterocycles. The molecule has 37 heavy (non-hydrogen) atoms. The smallest absolute Gasteiger partial charge is 0.261 e. The predicted molar refractivity (Wildman–Crippen MR) is 151 cm³/mol. The monoisotopic (exact) mass is 536 g/mol. The van der Waals surface area contributed by atoms with Crippen molar-refractivity contribution in [2.75, 3.05) is 27.2 Å². The maximum atomic E-state index is 13.8. The first-order valence-corrected chi connectivity index (χ1v) is 13.0. The van der Waals surface area contributed by atoms with Gasteiger partial charge in [0, 0.05) is 28.7 Å². The minimum Gasteiger partial charge on any atom is -0.327 e. The van der Waals surface area contributed by atoms with Crippen LogP contribution in [0.1, 0.15) is 41.1 Å². The number of carbonyl (C=O) groups is 1. The van der Waals surface area contributed by atoms with E-state index in [1.54, 1.807) is 47.0 Å². The Hall–Kier alpha value is -3.19. The summed E-state index contributed by atoms with van der Waals surface area (Å²) in [7, 11) is 3.93. The highest BCUT2D eigenvalue weighted by Crippen LogP contribution is 2.27. The summed E-state index contributed by atoms with van der Waals surface area (Å²) in [6.07, 6.45) is 0.570. The summed E-state index contributed by atoms with van der Waals surface area (Å²) in [6, 6.07) is 21.3. The number of likely N-dealkylation sites (N-methyl/N-ethyl adjacent to an activating group) is 1. The first-order valence-electron chi connectivity index (χ1n) is 12.2. The fraction of sp³-hybridized carbons (Fsp3) is 0.276. The standard InChI is InChI=1S/C29H30Cl2N4O2/c1-4-26(34(17-16-33(2)3)28(36)21-10-12-22(30)13-11-21)27-32-25-18-23(31)14-15-24(25)29(37)35(27)19-20-8-6-5-7-9-20/h5-15,18,26H,4,16-17,19H2,1-3H3. The molecule has 4 rings (SSSR count). The average Bonchev–Trinajstić information content (AvgIpc) is 2.88. The second-order valence-corrected chi connectivity index (χ2v) is 10.1. The molecule has 0 aliphatic carbocycles. The van der Waals surface area contributed by atoms with Gasteiger partial charge in [-0.1, -0.05) is 60.5 Å². The number of hydrogen-bond donors (Lipinski definition) is 0. The van der Waals surface area contributed by atoms with Crippen LogP contribution >= 0.6 is 23.2 Å². The Morgan fingerprint density at radius 3 is 2.27 bits per heavy atom. The van der Waals surface area contributed by atoms with Crippen molar-refractivity contribution in [2.45, 2.75) is 25.9 Å². The van der Waals surface area contributed by atoms with Crippen LogP contribution in [0.15, 0.2) is 77.6 Å². The Balaban J connectivity index is 1.89. The maximum Gasteiger partial charge on any atom is 0.261 e. The van der Waals surface area contributed by atoms with E-state index in [4.69, 9.17) is 28.2 Å². The van der Waals surface area contributed by atoms with Crippen molar-refractivity contribution in [1.29, 1.82) is 0 Å². The maximum absolute atomic E-state index is 13.8. The lowest BCUT2D eigenvalue weighted by atomic mass is 10.1. The van der Waals surface area contributed by atoms with Crippen LogP contribution < -0.4 is 5.56 Å². The molecule has 0 N–H and O–H groups in total. The third-order valence-corrected chi connectivity index (χ3v) is 6.82. The summed E-state index contributed by atoms with van der Waals surface area (Å²) in [6.45, 7) is 3.46.